The molecule has 2 amide bonds. The molecule has 0 bridgehead atoms. The van der Waals surface area contributed by atoms with Crippen LogP contribution in [0.25, 0.3) is 16.9 Å². The number of anilines is 1. The molecule has 0 fully saturated rings. The number of fused-ring (bicyclic) bond motifs is 1. The summed E-state index contributed by atoms with van der Waals surface area (Å²) in [5, 5.41) is 8.50. The van der Waals surface area contributed by atoms with Gasteiger partial charge in [-0.2, -0.15) is 18.3 Å². The van der Waals surface area contributed by atoms with Gasteiger partial charge in [-0.1, -0.05) is 23.2 Å². The zero-order valence-electron chi connectivity index (χ0n) is 18.0. The second kappa shape index (κ2) is 9.19. The molecule has 9 nitrogen and oxygen atoms in total. The second-order valence-electron chi connectivity index (χ2n) is 7.63. The van der Waals surface area contributed by atoms with Crippen LogP contribution in [0.1, 0.15) is 40.4 Å². The molecule has 0 aliphatic heterocycles. The molecule has 0 aliphatic carbocycles. The summed E-state index contributed by atoms with van der Waals surface area (Å²) in [7, 11) is 0. The van der Waals surface area contributed by atoms with Crippen molar-refractivity contribution in [2.24, 2.45) is 0 Å². The van der Waals surface area contributed by atoms with Crippen LogP contribution in [0.2, 0.25) is 10.0 Å². The monoisotopic (exact) mass is 525 g/mol. The minimum atomic E-state index is -4.85. The third-order valence-corrected chi connectivity index (χ3v) is 5.39. The lowest BCUT2D eigenvalue weighted by Gasteiger charge is -2.15. The number of H-pyrrole nitrogens is 1. The highest BCUT2D eigenvalue weighted by Crippen LogP contribution is 2.35. The van der Waals surface area contributed by atoms with Gasteiger partial charge in [0.15, 0.2) is 11.5 Å². The van der Waals surface area contributed by atoms with Crippen LogP contribution in [-0.4, -0.2) is 42.6 Å². The first-order chi connectivity index (χ1) is 16.5. The first-order valence-corrected chi connectivity index (χ1v) is 10.8. The van der Waals surface area contributed by atoms with Gasteiger partial charge in [-0.3, -0.25) is 9.59 Å². The van der Waals surface area contributed by atoms with E-state index < -0.39 is 29.4 Å². The molecule has 182 valence electrons. The number of hydrogen-bond acceptors (Lipinski definition) is 5. The molecule has 0 radical (unpaired) electrons. The highest BCUT2D eigenvalue weighted by molar-refractivity contribution is 6.39. The Balaban J connectivity index is 1.84. The van der Waals surface area contributed by atoms with Crippen LogP contribution >= 0.6 is 23.2 Å². The zero-order valence-corrected chi connectivity index (χ0v) is 19.5. The van der Waals surface area contributed by atoms with Gasteiger partial charge >= 0.3 is 6.18 Å². The molecule has 0 unspecified atom stereocenters. The van der Waals surface area contributed by atoms with Crippen molar-refractivity contribution in [3.8, 4) is 5.82 Å². The SMILES string of the molecule is CC(C)NC(=O)c1cc2[nH]cnc2c(Cl)c1NC(=O)c1cc(C(F)(F)F)nn1-c1ncccc1Cl. The average molecular weight is 526 g/mol. The number of nitrogens with one attached hydrogen (secondary N) is 3. The number of alkyl halides is 3. The molecule has 0 saturated heterocycles. The van der Waals surface area contributed by atoms with Gasteiger partial charge in [0.2, 0.25) is 0 Å². The number of aromatic nitrogens is 5. The van der Waals surface area contributed by atoms with Crippen molar-refractivity contribution < 1.29 is 22.8 Å². The maximum atomic E-state index is 13.4. The number of rotatable bonds is 5. The molecule has 4 rings (SSSR count). The van der Waals surface area contributed by atoms with Crippen molar-refractivity contribution in [3.63, 3.8) is 0 Å². The number of imidazole rings is 1. The van der Waals surface area contributed by atoms with E-state index >= 15 is 0 Å². The topological polar surface area (TPSA) is 118 Å². The van der Waals surface area contributed by atoms with Gasteiger partial charge in [-0.05, 0) is 32.0 Å². The van der Waals surface area contributed by atoms with Gasteiger partial charge in [-0.25, -0.2) is 14.6 Å². The Hall–Kier alpha value is -3.64. The van der Waals surface area contributed by atoms with Crippen molar-refractivity contribution in [1.29, 1.82) is 0 Å². The van der Waals surface area contributed by atoms with Gasteiger partial charge in [0.05, 0.1) is 33.1 Å². The fourth-order valence-corrected chi connectivity index (χ4v) is 3.74. The third kappa shape index (κ3) is 4.80. The van der Waals surface area contributed by atoms with Gasteiger partial charge in [0.25, 0.3) is 11.8 Å². The summed E-state index contributed by atoms with van der Waals surface area (Å²) in [6.07, 6.45) is -2.22. The van der Waals surface area contributed by atoms with E-state index in [1.807, 2.05) is 0 Å². The predicted molar refractivity (Wildman–Crippen MR) is 123 cm³/mol. The standard InChI is InChI=1S/C21H16Cl2F3N7O2/c1-9(2)30-19(34)10-6-12-17(29-8-28-12)15(23)16(10)31-20(35)13-7-14(21(24,25)26)32-33(13)18-11(22)4-3-5-27-18/h3-9H,1-2H3,(H,28,29)(H,30,34)(H,31,35). The smallest absolute Gasteiger partial charge is 0.350 e. The molecule has 14 heteroatoms. The summed E-state index contributed by atoms with van der Waals surface area (Å²) >= 11 is 12.5. The molecule has 35 heavy (non-hydrogen) atoms. The summed E-state index contributed by atoms with van der Waals surface area (Å²) in [4.78, 5) is 36.9. The number of aromatic amines is 1. The average Bonchev–Trinajstić information content (AvgIpc) is 3.42. The number of halogens is 5. The van der Waals surface area contributed by atoms with E-state index in [9.17, 15) is 22.8 Å². The maximum absolute atomic E-state index is 13.4. The summed E-state index contributed by atoms with van der Waals surface area (Å²) in [6, 6.07) is 4.59. The second-order valence-corrected chi connectivity index (χ2v) is 8.41. The third-order valence-electron chi connectivity index (χ3n) is 4.73. The summed E-state index contributed by atoms with van der Waals surface area (Å²) in [5.74, 6) is -1.79. The fraction of sp³-hybridized carbons (Fsp3) is 0.190. The highest BCUT2D eigenvalue weighted by Gasteiger charge is 2.37. The van der Waals surface area contributed by atoms with Crippen LogP contribution in [-0.2, 0) is 6.18 Å². The Morgan fingerprint density at radius 2 is 1.89 bits per heavy atom. The molecule has 0 aliphatic rings. The number of pyridine rings is 1. The van der Waals surface area contributed by atoms with Crippen molar-refractivity contribution >= 4 is 51.7 Å². The first-order valence-electron chi connectivity index (χ1n) is 10.0. The van der Waals surface area contributed by atoms with E-state index in [0.29, 0.717) is 16.3 Å². The zero-order chi connectivity index (χ0) is 25.5. The number of hydrogen-bond donors (Lipinski definition) is 3. The van der Waals surface area contributed by atoms with Crippen LogP contribution in [0.4, 0.5) is 18.9 Å². The van der Waals surface area contributed by atoms with Crippen LogP contribution in [0.15, 0.2) is 36.8 Å². The van der Waals surface area contributed by atoms with E-state index in [1.54, 1.807) is 13.8 Å². The van der Waals surface area contributed by atoms with E-state index in [4.69, 9.17) is 23.2 Å². The van der Waals surface area contributed by atoms with Crippen molar-refractivity contribution in [3.05, 3.63) is 63.8 Å². The molecular formula is C21H16Cl2F3N7O2. The van der Waals surface area contributed by atoms with Crippen molar-refractivity contribution in [2.75, 3.05) is 5.32 Å². The molecule has 3 N–H and O–H groups in total. The molecule has 0 saturated carbocycles. The molecule has 3 aromatic heterocycles. The van der Waals surface area contributed by atoms with Crippen LogP contribution in [0.3, 0.4) is 0 Å². The Morgan fingerprint density at radius 3 is 2.54 bits per heavy atom. The fourth-order valence-electron chi connectivity index (χ4n) is 3.24. The lowest BCUT2D eigenvalue weighted by Crippen LogP contribution is -2.31. The molecule has 0 atom stereocenters. The molecule has 1 aromatic carbocycles. The Kier molecular flexibility index (Phi) is 6.43. The number of benzene rings is 1. The molecule has 3 heterocycles. The number of nitrogens with zero attached hydrogens (tertiary/aromatic N) is 4. The number of carbonyl (C=O) groups excluding carboxylic acids is 2. The quantitative estimate of drug-likeness (QED) is 0.344. The van der Waals surface area contributed by atoms with Crippen molar-refractivity contribution in [2.45, 2.75) is 26.1 Å². The maximum Gasteiger partial charge on any atom is 0.435 e. The van der Waals surface area contributed by atoms with E-state index in [2.05, 4.69) is 30.7 Å². The lowest BCUT2D eigenvalue weighted by atomic mass is 10.1. The van der Waals surface area contributed by atoms with Crippen LogP contribution in [0.5, 0.6) is 0 Å². The Labute approximate surface area is 205 Å². The predicted octanol–water partition coefficient (Wildman–Crippen LogP) is 4.86. The Bertz CT molecular complexity index is 1450. The first kappa shape index (κ1) is 24.5. The summed E-state index contributed by atoms with van der Waals surface area (Å²) in [6.45, 7) is 3.47. The van der Waals surface area contributed by atoms with E-state index in [-0.39, 0.29) is 38.7 Å². The highest BCUT2D eigenvalue weighted by atomic mass is 35.5. The molecule has 0 spiro atoms. The summed E-state index contributed by atoms with van der Waals surface area (Å²) < 4.78 is 41.0. The van der Waals surface area contributed by atoms with Gasteiger partial charge in [0, 0.05) is 18.3 Å². The number of carbonyl (C=O) groups is 2. The normalized spacial score (nSPS) is 11.8. The molecule has 4 aromatic rings. The minimum Gasteiger partial charge on any atom is -0.350 e. The summed E-state index contributed by atoms with van der Waals surface area (Å²) in [5.41, 5.74) is -1.36. The lowest BCUT2D eigenvalue weighted by molar-refractivity contribution is -0.141. The van der Waals surface area contributed by atoms with E-state index in [1.165, 1.54) is 30.7 Å². The van der Waals surface area contributed by atoms with Crippen LogP contribution < -0.4 is 10.6 Å². The van der Waals surface area contributed by atoms with Crippen molar-refractivity contribution in [1.82, 2.24) is 30.0 Å². The Morgan fingerprint density at radius 1 is 1.14 bits per heavy atom. The van der Waals surface area contributed by atoms with Gasteiger partial charge in [0.1, 0.15) is 11.2 Å². The van der Waals surface area contributed by atoms with Crippen LogP contribution in [0, 0.1) is 0 Å². The van der Waals surface area contributed by atoms with Gasteiger partial charge < -0.3 is 15.6 Å². The number of amides is 2. The largest absolute Gasteiger partial charge is 0.435 e. The molecular weight excluding hydrogens is 510 g/mol. The van der Waals surface area contributed by atoms with E-state index in [0.717, 1.165) is 0 Å². The minimum absolute atomic E-state index is 0.0215. The van der Waals surface area contributed by atoms with Gasteiger partial charge in [-0.15, -0.1) is 0 Å².